The van der Waals surface area contributed by atoms with Crippen molar-refractivity contribution >= 4 is 33.3 Å². The summed E-state index contributed by atoms with van der Waals surface area (Å²) >= 11 is 3.53. The Balaban J connectivity index is 2.33. The molecule has 2 N–H and O–H groups in total. The minimum Gasteiger partial charge on any atom is -0.465 e. The van der Waals surface area contributed by atoms with Crippen LogP contribution in [0.25, 0.3) is 0 Å². The fourth-order valence-corrected chi connectivity index (χ4v) is 2.54. The number of nitrogens with zero attached hydrogens (tertiary/aromatic N) is 1. The van der Waals surface area contributed by atoms with Gasteiger partial charge in [-0.3, -0.25) is 0 Å². The summed E-state index contributed by atoms with van der Waals surface area (Å²) in [5.41, 5.74) is 8.68. The Morgan fingerprint density at radius 1 is 1.29 bits per heavy atom. The second kappa shape index (κ2) is 6.63. The Hall–Kier alpha value is -2.01. The summed E-state index contributed by atoms with van der Waals surface area (Å²) < 4.78 is 5.86. The number of halogens is 1. The van der Waals surface area contributed by atoms with E-state index in [0.29, 0.717) is 17.8 Å². The number of esters is 1. The largest absolute Gasteiger partial charge is 0.465 e. The summed E-state index contributed by atoms with van der Waals surface area (Å²) in [7, 11) is 3.29. The lowest BCUT2D eigenvalue weighted by Gasteiger charge is -2.22. The van der Waals surface area contributed by atoms with E-state index in [9.17, 15) is 4.79 Å². The molecule has 0 aliphatic heterocycles. The van der Waals surface area contributed by atoms with Gasteiger partial charge in [0, 0.05) is 23.8 Å². The van der Waals surface area contributed by atoms with Crippen LogP contribution in [-0.2, 0) is 11.3 Å². The molecule has 0 saturated carbocycles. The Morgan fingerprint density at radius 3 is 2.67 bits per heavy atom. The standard InChI is InChI=1S/C16H17BrN2O2/c1-19(10-11-5-3-4-6-14(11)17)15-8-7-12(18)9-13(15)16(20)21-2/h3-9H,10,18H2,1-2H3. The van der Waals surface area contributed by atoms with Gasteiger partial charge in [0.05, 0.1) is 18.4 Å². The first-order chi connectivity index (χ1) is 10.0. The van der Waals surface area contributed by atoms with Crippen LogP contribution in [0.5, 0.6) is 0 Å². The van der Waals surface area contributed by atoms with Gasteiger partial charge in [0.15, 0.2) is 0 Å². The topological polar surface area (TPSA) is 55.6 Å². The quantitative estimate of drug-likeness (QED) is 0.679. The van der Waals surface area contributed by atoms with Crippen LogP contribution in [0.15, 0.2) is 46.9 Å². The molecule has 0 atom stereocenters. The van der Waals surface area contributed by atoms with Gasteiger partial charge in [-0.25, -0.2) is 4.79 Å². The molecule has 0 amide bonds. The molecule has 0 aliphatic carbocycles. The third kappa shape index (κ3) is 3.55. The van der Waals surface area contributed by atoms with E-state index in [2.05, 4.69) is 15.9 Å². The van der Waals surface area contributed by atoms with Crippen LogP contribution in [0.4, 0.5) is 11.4 Å². The van der Waals surface area contributed by atoms with Gasteiger partial charge in [-0.15, -0.1) is 0 Å². The van der Waals surface area contributed by atoms with E-state index in [4.69, 9.17) is 10.5 Å². The van der Waals surface area contributed by atoms with Gasteiger partial charge in [-0.05, 0) is 29.8 Å². The van der Waals surface area contributed by atoms with Crippen LogP contribution in [-0.4, -0.2) is 20.1 Å². The van der Waals surface area contributed by atoms with Crippen molar-refractivity contribution in [3.8, 4) is 0 Å². The molecule has 21 heavy (non-hydrogen) atoms. The second-order valence-electron chi connectivity index (χ2n) is 4.72. The highest BCUT2D eigenvalue weighted by atomic mass is 79.9. The predicted octanol–water partition coefficient (Wildman–Crippen LogP) is 3.45. The lowest BCUT2D eigenvalue weighted by Crippen LogP contribution is -2.20. The van der Waals surface area contributed by atoms with Crippen LogP contribution in [0.2, 0.25) is 0 Å². The molecule has 0 bridgehead atoms. The molecule has 2 aromatic rings. The summed E-state index contributed by atoms with van der Waals surface area (Å²) in [6, 6.07) is 13.2. The molecular weight excluding hydrogens is 332 g/mol. The van der Waals surface area contributed by atoms with E-state index < -0.39 is 5.97 Å². The number of benzene rings is 2. The van der Waals surface area contributed by atoms with E-state index in [1.54, 1.807) is 12.1 Å². The Morgan fingerprint density at radius 2 is 2.00 bits per heavy atom. The molecule has 0 fully saturated rings. The van der Waals surface area contributed by atoms with Gasteiger partial charge in [0.2, 0.25) is 0 Å². The Bertz CT molecular complexity index is 658. The highest BCUT2D eigenvalue weighted by molar-refractivity contribution is 9.10. The number of anilines is 2. The van der Waals surface area contributed by atoms with Gasteiger partial charge >= 0.3 is 5.97 Å². The summed E-state index contributed by atoms with van der Waals surface area (Å²) in [5.74, 6) is -0.392. The maximum atomic E-state index is 11.9. The average molecular weight is 349 g/mol. The number of nitrogen functional groups attached to an aromatic ring is 1. The number of rotatable bonds is 4. The van der Waals surface area contributed by atoms with Crippen molar-refractivity contribution in [1.82, 2.24) is 0 Å². The Kier molecular flexibility index (Phi) is 4.85. The van der Waals surface area contributed by atoms with Crippen LogP contribution in [0.1, 0.15) is 15.9 Å². The number of nitrogens with two attached hydrogens (primary N) is 1. The maximum Gasteiger partial charge on any atom is 0.340 e. The molecule has 0 aliphatic rings. The van der Waals surface area contributed by atoms with Gasteiger partial charge < -0.3 is 15.4 Å². The fraction of sp³-hybridized carbons (Fsp3) is 0.188. The van der Waals surface area contributed by atoms with Crippen molar-refractivity contribution in [1.29, 1.82) is 0 Å². The van der Waals surface area contributed by atoms with E-state index in [1.165, 1.54) is 7.11 Å². The number of hydrogen-bond acceptors (Lipinski definition) is 4. The van der Waals surface area contributed by atoms with Crippen LogP contribution < -0.4 is 10.6 Å². The van der Waals surface area contributed by atoms with Gasteiger partial charge in [0.25, 0.3) is 0 Å². The van der Waals surface area contributed by atoms with Crippen LogP contribution in [0.3, 0.4) is 0 Å². The zero-order valence-electron chi connectivity index (χ0n) is 12.0. The molecule has 2 rings (SSSR count). The molecule has 0 unspecified atom stereocenters. The highest BCUT2D eigenvalue weighted by Crippen LogP contribution is 2.26. The van der Waals surface area contributed by atoms with E-state index >= 15 is 0 Å². The molecular formula is C16H17BrN2O2. The summed E-state index contributed by atoms with van der Waals surface area (Å²) in [6.45, 7) is 0.662. The van der Waals surface area contributed by atoms with Crippen molar-refractivity contribution in [2.24, 2.45) is 0 Å². The average Bonchev–Trinajstić information content (AvgIpc) is 2.48. The van der Waals surface area contributed by atoms with Crippen LogP contribution >= 0.6 is 15.9 Å². The lowest BCUT2D eigenvalue weighted by molar-refractivity contribution is 0.0601. The molecule has 0 radical (unpaired) electrons. The fourth-order valence-electron chi connectivity index (χ4n) is 2.13. The maximum absolute atomic E-state index is 11.9. The SMILES string of the molecule is COC(=O)c1cc(N)ccc1N(C)Cc1ccccc1Br. The number of carbonyl (C=O) groups excluding carboxylic acids is 1. The van der Waals surface area contributed by atoms with Gasteiger partial charge in [-0.1, -0.05) is 34.1 Å². The molecule has 4 nitrogen and oxygen atoms in total. The minimum absolute atomic E-state index is 0.392. The normalized spacial score (nSPS) is 10.2. The minimum atomic E-state index is -0.392. The van der Waals surface area contributed by atoms with Crippen molar-refractivity contribution in [2.45, 2.75) is 6.54 Å². The first kappa shape index (κ1) is 15.4. The van der Waals surface area contributed by atoms with E-state index in [0.717, 1.165) is 15.7 Å². The van der Waals surface area contributed by atoms with Gasteiger partial charge in [-0.2, -0.15) is 0 Å². The molecule has 0 saturated heterocycles. The zero-order chi connectivity index (χ0) is 15.4. The number of hydrogen-bond donors (Lipinski definition) is 1. The van der Waals surface area contributed by atoms with Crippen molar-refractivity contribution in [3.63, 3.8) is 0 Å². The van der Waals surface area contributed by atoms with Crippen molar-refractivity contribution in [3.05, 3.63) is 58.1 Å². The van der Waals surface area contributed by atoms with Crippen molar-refractivity contribution in [2.75, 3.05) is 24.8 Å². The number of methoxy groups -OCH3 is 1. The smallest absolute Gasteiger partial charge is 0.340 e. The van der Waals surface area contributed by atoms with E-state index in [-0.39, 0.29) is 0 Å². The summed E-state index contributed by atoms with van der Waals surface area (Å²) in [4.78, 5) is 13.9. The molecule has 0 spiro atoms. The predicted molar refractivity (Wildman–Crippen MR) is 88.4 cm³/mol. The second-order valence-corrected chi connectivity index (χ2v) is 5.57. The molecule has 110 valence electrons. The monoisotopic (exact) mass is 348 g/mol. The lowest BCUT2D eigenvalue weighted by atomic mass is 10.1. The van der Waals surface area contributed by atoms with Crippen LogP contribution in [0, 0.1) is 0 Å². The summed E-state index contributed by atoms with van der Waals surface area (Å²) in [5, 5.41) is 0. The molecule has 0 heterocycles. The molecule has 2 aromatic carbocycles. The Labute approximate surface area is 132 Å². The third-order valence-corrected chi connectivity index (χ3v) is 3.98. The number of carbonyl (C=O) groups is 1. The van der Waals surface area contributed by atoms with E-state index in [1.807, 2.05) is 42.3 Å². The highest BCUT2D eigenvalue weighted by Gasteiger charge is 2.16. The first-order valence-corrected chi connectivity index (χ1v) is 7.24. The summed E-state index contributed by atoms with van der Waals surface area (Å²) in [6.07, 6.45) is 0. The van der Waals surface area contributed by atoms with Crippen molar-refractivity contribution < 1.29 is 9.53 Å². The molecule has 0 aromatic heterocycles. The molecule has 5 heteroatoms. The third-order valence-electron chi connectivity index (χ3n) is 3.20. The number of ether oxygens (including phenoxy) is 1. The first-order valence-electron chi connectivity index (χ1n) is 6.45. The zero-order valence-corrected chi connectivity index (χ0v) is 13.6. The van der Waals surface area contributed by atoms with Gasteiger partial charge in [0.1, 0.15) is 0 Å².